The lowest BCUT2D eigenvalue weighted by atomic mass is 10.1. The number of fused-ring (bicyclic) bond motifs is 2. The number of carboxylic acid groups (broad SMARTS) is 2. The average molecular weight is 1860 g/mol. The van der Waals surface area contributed by atoms with E-state index in [0.717, 1.165) is 154 Å². The number of amides is 7. The van der Waals surface area contributed by atoms with Crippen LogP contribution in [0, 0.1) is 11.8 Å². The smallest absolute Gasteiger partial charge is 0.410 e. The first kappa shape index (κ1) is 107. The van der Waals surface area contributed by atoms with Gasteiger partial charge in [0.05, 0.1) is 11.5 Å². The van der Waals surface area contributed by atoms with Crippen LogP contribution in [0.2, 0.25) is 0 Å². The molecule has 5 aliphatic carbocycles. The van der Waals surface area contributed by atoms with Crippen molar-refractivity contribution in [2.75, 3.05) is 35.2 Å². The maximum Gasteiger partial charge on any atom is 0.410 e. The molecule has 7 amide bonds. The van der Waals surface area contributed by atoms with Gasteiger partial charge in [0.15, 0.2) is 11.2 Å². The van der Waals surface area contributed by atoms with E-state index in [0.29, 0.717) is 91.4 Å². The minimum atomic E-state index is -0.945. The van der Waals surface area contributed by atoms with Crippen molar-refractivity contribution in [3.05, 3.63) is 144 Å². The molecule has 0 aliphatic heterocycles. The summed E-state index contributed by atoms with van der Waals surface area (Å²) in [7, 11) is 9.06. The number of nitrogens with one attached hydrogen (secondary N) is 4. The van der Waals surface area contributed by atoms with E-state index in [1.807, 2.05) is 173 Å². The maximum absolute atomic E-state index is 13.1. The zero-order valence-electron chi connectivity index (χ0n) is 81.5. The first-order valence-corrected chi connectivity index (χ1v) is 46.9. The number of rotatable bonds is 24. The molecular formula is C98H141N17O19. The summed E-state index contributed by atoms with van der Waals surface area (Å²) in [5.41, 5.74) is 11.0. The molecule has 8 N–H and O–H groups in total. The number of carbonyl (C=O) groups excluding carboxylic acids is 7. The Hall–Kier alpha value is -12.2. The highest BCUT2D eigenvalue weighted by Crippen LogP contribution is 2.40. The van der Waals surface area contributed by atoms with Crippen LogP contribution in [0.5, 0.6) is 0 Å². The van der Waals surface area contributed by atoms with Crippen LogP contribution in [0.4, 0.5) is 14.4 Å². The molecule has 36 heteroatoms. The summed E-state index contributed by atoms with van der Waals surface area (Å²) >= 11 is 0. The molecule has 0 bridgehead atoms. The van der Waals surface area contributed by atoms with Crippen LogP contribution >= 0.6 is 0 Å². The summed E-state index contributed by atoms with van der Waals surface area (Å²) in [4.78, 5) is 120. The van der Waals surface area contributed by atoms with Crippen LogP contribution in [-0.2, 0) is 52.7 Å². The number of aromatic carboxylic acids is 1. The van der Waals surface area contributed by atoms with E-state index in [1.165, 1.54) is 29.9 Å². The summed E-state index contributed by atoms with van der Waals surface area (Å²) in [5.74, 6) is 8.48. The van der Waals surface area contributed by atoms with E-state index in [2.05, 4.69) is 77.5 Å². The first-order valence-electron chi connectivity index (χ1n) is 46.9. The molecule has 5 aromatic heterocycles. The highest BCUT2D eigenvalue weighted by molar-refractivity contribution is 5.95. The number of nitrogens with zero attached hydrogens (tertiary/aromatic N) is 12. The van der Waals surface area contributed by atoms with Crippen molar-refractivity contribution < 1.29 is 89.7 Å². The number of hydrogen-bond donors (Lipinski definition) is 7. The van der Waals surface area contributed by atoms with Crippen LogP contribution in [0.15, 0.2) is 119 Å². The number of nitrogens with two attached hydrogens (primary N) is 1. The van der Waals surface area contributed by atoms with E-state index in [4.69, 9.17) is 52.4 Å². The van der Waals surface area contributed by atoms with Gasteiger partial charge in [0.2, 0.25) is 64.8 Å². The summed E-state index contributed by atoms with van der Waals surface area (Å²) in [6.45, 7) is 26.7. The second-order valence-corrected chi connectivity index (χ2v) is 37.6. The summed E-state index contributed by atoms with van der Waals surface area (Å²) in [6, 6.07) is 30.0. The first-order chi connectivity index (χ1) is 63.6. The van der Waals surface area contributed by atoms with Gasteiger partial charge >= 0.3 is 30.2 Å². The van der Waals surface area contributed by atoms with E-state index in [1.54, 1.807) is 43.1 Å². The topological polar surface area (TPSA) is 478 Å². The Morgan fingerprint density at radius 1 is 0.418 bits per heavy atom. The number of hydrazine groups is 2. The largest absolute Gasteiger partial charge is 0.481 e. The minimum Gasteiger partial charge on any atom is -0.481 e. The van der Waals surface area contributed by atoms with E-state index in [-0.39, 0.29) is 95.3 Å². The van der Waals surface area contributed by atoms with Crippen LogP contribution in [0.1, 0.15) is 312 Å². The second-order valence-electron chi connectivity index (χ2n) is 37.6. The fraction of sp³-hybridized carbons (Fsp3) is 0.582. The van der Waals surface area contributed by atoms with Crippen molar-refractivity contribution in [3.63, 3.8) is 0 Å². The van der Waals surface area contributed by atoms with Gasteiger partial charge < -0.3 is 71.4 Å². The molecule has 0 saturated heterocycles. The lowest BCUT2D eigenvalue weighted by Gasteiger charge is -2.28. The minimum absolute atomic E-state index is 0.0111. The van der Waals surface area contributed by atoms with Gasteiger partial charge in [-0.25, -0.2) is 35.0 Å². The van der Waals surface area contributed by atoms with E-state index >= 15 is 0 Å². The highest BCUT2D eigenvalue weighted by Gasteiger charge is 2.40. The molecule has 5 heterocycles. The standard InChI is InChI=1S/C25H26N4O3.C16H29N3O4.C16H27N3O3.C14H9NO3.C12H21NO4.C11H19N3O.C4H10N2O/c1-3-6-22-27-28-24(32-22)18-13-14-19(15-18)29(2)25(30)17-11-9-16(10-12-17)23-26-20-7-4-5-8-21(20)31-23;1-6-7-13(20)17-18-14(21)11-8-9-12(10-11)19(5)15(22)23-16(2,3)4;1-6-7-13-17-18-14(21-13)11-8-9-12(10-11)19(5)15(20)22-16(2,3)4;16-14(17)10-7-5-9(6-8-10)13-15-11-3-1-2-4-12(11)18-13;1-12(2,3)17-11(16)13(4)9-6-5-8(7-9)10(14)15;1-3-4-10-13-14-11(15-10)8-5-6-9(7-8)12-2;1-2-3-4(7)6-5/h4-5,7-12,18-19H,3,6,13-15H2,1-2H3;11-12H,6-10H2,1-5H3,(H,17,20)(H,18,21);11-12H,6-10H2,1-5H3;1-8H,(H,16,17);8-9H,5-7H2,1-4H3,(H,14,15);8-9,12H,3-7H2,1-2H3;2-3,5H2,1H3,(H,6,7)/t18-,19+;2*11-,12+;;2*8-,9+;/m000.00./s1. The number of aliphatic carboxylic acids is 1. The molecule has 36 nitrogen and oxygen atoms in total. The zero-order valence-corrected chi connectivity index (χ0v) is 81.5. The molecule has 732 valence electrons. The number of hydrogen-bond acceptors (Lipinski definition) is 27. The third kappa shape index (κ3) is 33.5. The summed E-state index contributed by atoms with van der Waals surface area (Å²) in [5, 5.41) is 45.9. The summed E-state index contributed by atoms with van der Waals surface area (Å²) < 4.78 is 44.6. The van der Waals surface area contributed by atoms with Gasteiger partial charge in [0.25, 0.3) is 5.91 Å². The van der Waals surface area contributed by atoms with E-state index < -0.39 is 28.7 Å². The molecule has 0 unspecified atom stereocenters. The predicted octanol–water partition coefficient (Wildman–Crippen LogP) is 17.7. The number of para-hydroxylation sites is 4. The summed E-state index contributed by atoms with van der Waals surface area (Å²) in [6.07, 6.45) is 19.9. The molecule has 5 fully saturated rings. The van der Waals surface area contributed by atoms with Gasteiger partial charge in [0.1, 0.15) is 27.8 Å². The SMILES string of the molecule is CCCC(=O)NN.CCCC(=O)NNC(=O)[C@H]1CC[C@@H](N(C)C(=O)OC(C)(C)C)C1.CCCc1nnc([C@H]2CC[C@@H](N(C)C(=O)OC(C)(C)C)C2)o1.CCCc1nnc([C@H]2CC[C@@H](N(C)C(=O)c3ccc(-c4nc5ccccc5o4)cc3)C2)o1.CCCc1nnc([C@H]2CC[C@@H](NC)C2)o1.CN(C(=O)OC(C)(C)C)[C@@H]1CC[C@H](C(=O)O)C1.O=C(O)c1ccc(-c2nc3ccccc3o2)cc1. The van der Waals surface area contributed by atoms with Crippen molar-refractivity contribution in [1.29, 1.82) is 0 Å². The monoisotopic (exact) mass is 1860 g/mol. The van der Waals surface area contributed by atoms with Gasteiger partial charge in [-0.2, -0.15) is 0 Å². The molecule has 9 aromatic rings. The Morgan fingerprint density at radius 2 is 0.784 bits per heavy atom. The van der Waals surface area contributed by atoms with Crippen molar-refractivity contribution >= 4 is 76.0 Å². The van der Waals surface area contributed by atoms with Crippen molar-refractivity contribution in [1.82, 2.24) is 81.8 Å². The fourth-order valence-electron chi connectivity index (χ4n) is 16.0. The lowest BCUT2D eigenvalue weighted by Crippen LogP contribution is -2.44. The number of oxazole rings is 2. The second kappa shape index (κ2) is 51.3. The maximum atomic E-state index is 13.1. The van der Waals surface area contributed by atoms with Gasteiger partial charge in [-0.3, -0.25) is 40.3 Å². The van der Waals surface area contributed by atoms with Gasteiger partial charge in [-0.15, -0.1) is 30.6 Å². The molecule has 4 aromatic carbocycles. The van der Waals surface area contributed by atoms with Crippen LogP contribution in [-0.4, -0.2) is 206 Å². The molecule has 5 aliphatic rings. The van der Waals surface area contributed by atoms with Crippen LogP contribution in [0.25, 0.3) is 45.1 Å². The van der Waals surface area contributed by atoms with Gasteiger partial charge in [0, 0.05) is 131 Å². The Kier molecular flexibility index (Phi) is 41.0. The zero-order chi connectivity index (χ0) is 98.2. The molecule has 134 heavy (non-hydrogen) atoms. The lowest BCUT2D eigenvalue weighted by molar-refractivity contribution is -0.141. The highest BCUT2D eigenvalue weighted by atomic mass is 16.6. The van der Waals surface area contributed by atoms with E-state index in [9.17, 15) is 43.2 Å². The van der Waals surface area contributed by atoms with Crippen molar-refractivity contribution in [3.8, 4) is 22.9 Å². The predicted molar refractivity (Wildman–Crippen MR) is 503 cm³/mol. The van der Waals surface area contributed by atoms with Gasteiger partial charge in [-0.1, -0.05) is 58.9 Å². The fourth-order valence-corrected chi connectivity index (χ4v) is 16.0. The van der Waals surface area contributed by atoms with Gasteiger partial charge in [-0.05, 0) is 271 Å². The molecule has 0 radical (unpaired) electrons. The quantitative estimate of drug-likeness (QED) is 0.0128. The third-order valence-corrected chi connectivity index (χ3v) is 23.4. The third-order valence-electron chi connectivity index (χ3n) is 23.4. The van der Waals surface area contributed by atoms with Crippen molar-refractivity contribution in [2.45, 2.75) is 322 Å². The normalized spacial score (nSPS) is 19.4. The van der Waals surface area contributed by atoms with Crippen LogP contribution < -0.4 is 27.4 Å². The molecule has 14 rings (SSSR count). The molecule has 0 spiro atoms. The number of aromatic nitrogens is 8. The Balaban J connectivity index is 0.000000198. The number of carboxylic acids is 2. The number of carbonyl (C=O) groups is 9. The Bertz CT molecular complexity index is 5150. The molecule has 5 saturated carbocycles. The number of ether oxygens (including phenoxy) is 3. The molecular weight excluding hydrogens is 1720 g/mol. The number of benzene rings is 4. The molecule has 10 atom stereocenters. The van der Waals surface area contributed by atoms with Crippen LogP contribution in [0.3, 0.4) is 0 Å². The number of aryl methyl sites for hydroxylation is 3. The van der Waals surface area contributed by atoms with Crippen molar-refractivity contribution in [2.24, 2.45) is 17.7 Å². The Morgan fingerprint density at radius 3 is 1.14 bits per heavy atom. The Labute approximate surface area is 785 Å². The average Bonchev–Trinajstić information content (AvgIpc) is 1.67.